The van der Waals surface area contributed by atoms with Crippen molar-refractivity contribution in [2.75, 3.05) is 12.0 Å². The van der Waals surface area contributed by atoms with Crippen molar-refractivity contribution >= 4 is 40.1 Å². The van der Waals surface area contributed by atoms with Gasteiger partial charge < -0.3 is 15.5 Å². The summed E-state index contributed by atoms with van der Waals surface area (Å²) in [6, 6.07) is 14.8. The van der Waals surface area contributed by atoms with Crippen LogP contribution in [-0.4, -0.2) is 38.9 Å². The summed E-state index contributed by atoms with van der Waals surface area (Å²) >= 11 is 0. The molecule has 134 valence electrons. The predicted molar refractivity (Wildman–Crippen MR) is 102 cm³/mol. The number of para-hydroxylation sites is 1. The van der Waals surface area contributed by atoms with Gasteiger partial charge in [0.15, 0.2) is 12.3 Å². The summed E-state index contributed by atoms with van der Waals surface area (Å²) in [6.07, 6.45) is 1.61. The number of nitrogens with one attached hydrogen (secondary N) is 2. The highest BCUT2D eigenvalue weighted by atomic mass is 16.5. The Morgan fingerprint density at radius 3 is 2.81 bits per heavy atom. The maximum atomic E-state index is 10.7. The van der Waals surface area contributed by atoms with Crippen molar-refractivity contribution in [1.82, 2.24) is 20.2 Å². The van der Waals surface area contributed by atoms with Gasteiger partial charge in [0.25, 0.3) is 11.9 Å². The molecule has 0 spiro atoms. The van der Waals surface area contributed by atoms with Crippen molar-refractivity contribution in [2.45, 2.75) is 0 Å². The maximum Gasteiger partial charge on any atom is 0.265 e. The number of hydrogen-bond donors (Lipinski definition) is 3. The van der Waals surface area contributed by atoms with Gasteiger partial charge in [0.05, 0.1) is 6.21 Å². The van der Waals surface area contributed by atoms with E-state index in [1.165, 1.54) is 0 Å². The Labute approximate surface area is 153 Å². The second kappa shape index (κ2) is 7.08. The number of aromatic nitrogens is 4. The van der Waals surface area contributed by atoms with Crippen molar-refractivity contribution < 1.29 is 9.53 Å². The molecular weight excluding hydrogens is 346 g/mol. The third-order valence-corrected chi connectivity index (χ3v) is 3.76. The molecule has 2 aromatic heterocycles. The Bertz CT molecular complexity index is 1140. The number of nitrogens with two attached hydrogens (primary N) is 1. The number of amides is 1. The van der Waals surface area contributed by atoms with Crippen LogP contribution >= 0.6 is 0 Å². The number of H-pyrrole nitrogens is 1. The van der Waals surface area contributed by atoms with E-state index in [2.05, 4.69) is 30.7 Å². The topological polar surface area (TPSA) is 131 Å². The molecule has 0 aliphatic carbocycles. The molecule has 27 heavy (non-hydrogen) atoms. The Kier molecular flexibility index (Phi) is 4.32. The quantitative estimate of drug-likeness (QED) is 0.354. The standard InChI is InChI=1S/C18H15N7O2/c19-15(26)10-27-12-7-5-11(6-8-12)9-20-24-18-22-17-16(23-25-18)13-3-1-2-4-14(13)21-17/h1-9H,10H2,(H2,19,26)(H2,21,22,24,25). The van der Waals surface area contributed by atoms with Gasteiger partial charge in [-0.1, -0.05) is 18.2 Å². The molecule has 0 unspecified atom stereocenters. The molecule has 0 bridgehead atoms. The molecule has 0 aliphatic heterocycles. The van der Waals surface area contributed by atoms with Gasteiger partial charge in [-0.05, 0) is 35.9 Å². The molecule has 4 aromatic rings. The number of ether oxygens (including phenoxy) is 1. The Hall–Kier alpha value is -4.01. The number of rotatable bonds is 6. The van der Waals surface area contributed by atoms with Crippen LogP contribution in [0.3, 0.4) is 0 Å². The molecule has 9 nitrogen and oxygen atoms in total. The minimum absolute atomic E-state index is 0.157. The number of primary amides is 1. The fraction of sp³-hybridized carbons (Fsp3) is 0.0556. The summed E-state index contributed by atoms with van der Waals surface area (Å²) in [5.41, 5.74) is 10.9. The smallest absolute Gasteiger partial charge is 0.265 e. The van der Waals surface area contributed by atoms with E-state index in [9.17, 15) is 4.79 Å². The summed E-state index contributed by atoms with van der Waals surface area (Å²) in [7, 11) is 0. The van der Waals surface area contributed by atoms with Crippen LogP contribution in [-0.2, 0) is 4.79 Å². The van der Waals surface area contributed by atoms with E-state index in [4.69, 9.17) is 10.5 Å². The lowest BCUT2D eigenvalue weighted by molar-refractivity contribution is -0.119. The van der Waals surface area contributed by atoms with E-state index < -0.39 is 5.91 Å². The van der Waals surface area contributed by atoms with Gasteiger partial charge in [0.1, 0.15) is 11.3 Å². The molecule has 4 N–H and O–H groups in total. The van der Waals surface area contributed by atoms with Crippen LogP contribution in [0.4, 0.5) is 5.95 Å². The van der Waals surface area contributed by atoms with Crippen LogP contribution in [0.25, 0.3) is 22.1 Å². The van der Waals surface area contributed by atoms with Gasteiger partial charge >= 0.3 is 0 Å². The third kappa shape index (κ3) is 3.66. The number of anilines is 1. The molecule has 0 atom stereocenters. The Morgan fingerprint density at radius 1 is 1.19 bits per heavy atom. The first-order valence-corrected chi connectivity index (χ1v) is 8.10. The van der Waals surface area contributed by atoms with Crippen LogP contribution in [0, 0.1) is 0 Å². The summed E-state index contributed by atoms with van der Waals surface area (Å²) in [4.78, 5) is 18.3. The van der Waals surface area contributed by atoms with E-state index in [1.807, 2.05) is 24.3 Å². The lowest BCUT2D eigenvalue weighted by Gasteiger charge is -2.03. The number of nitrogens with zero attached hydrogens (tertiary/aromatic N) is 4. The van der Waals surface area contributed by atoms with E-state index in [0.717, 1.165) is 16.5 Å². The summed E-state index contributed by atoms with van der Waals surface area (Å²) in [6.45, 7) is -0.157. The highest BCUT2D eigenvalue weighted by Crippen LogP contribution is 2.21. The average molecular weight is 361 g/mol. The van der Waals surface area contributed by atoms with E-state index >= 15 is 0 Å². The maximum absolute atomic E-state index is 10.7. The van der Waals surface area contributed by atoms with E-state index in [0.29, 0.717) is 16.9 Å². The van der Waals surface area contributed by atoms with Crippen molar-refractivity contribution in [1.29, 1.82) is 0 Å². The monoisotopic (exact) mass is 361 g/mol. The number of aromatic amines is 1. The van der Waals surface area contributed by atoms with Gasteiger partial charge in [-0.3, -0.25) is 4.79 Å². The Balaban J connectivity index is 1.44. The average Bonchev–Trinajstić information content (AvgIpc) is 3.05. The molecule has 9 heteroatoms. The zero-order chi connectivity index (χ0) is 18.6. The number of carbonyl (C=O) groups is 1. The number of hydrogen-bond acceptors (Lipinski definition) is 7. The molecule has 2 heterocycles. The third-order valence-electron chi connectivity index (χ3n) is 3.76. The van der Waals surface area contributed by atoms with Gasteiger partial charge in [0.2, 0.25) is 0 Å². The Morgan fingerprint density at radius 2 is 2.00 bits per heavy atom. The van der Waals surface area contributed by atoms with Crippen molar-refractivity contribution in [3.8, 4) is 5.75 Å². The fourth-order valence-corrected chi connectivity index (χ4v) is 2.54. The second-order valence-corrected chi connectivity index (χ2v) is 5.70. The predicted octanol–water partition coefficient (Wildman–Crippen LogP) is 1.82. The van der Waals surface area contributed by atoms with Crippen LogP contribution in [0.5, 0.6) is 5.75 Å². The van der Waals surface area contributed by atoms with Gasteiger partial charge in [0, 0.05) is 10.9 Å². The summed E-state index contributed by atoms with van der Waals surface area (Å²) < 4.78 is 5.20. The van der Waals surface area contributed by atoms with Gasteiger partial charge in [-0.25, -0.2) is 5.43 Å². The van der Waals surface area contributed by atoms with Crippen molar-refractivity contribution in [2.24, 2.45) is 10.8 Å². The number of fused-ring (bicyclic) bond motifs is 3. The number of benzene rings is 2. The zero-order valence-electron chi connectivity index (χ0n) is 14.1. The van der Waals surface area contributed by atoms with Crippen LogP contribution in [0.2, 0.25) is 0 Å². The molecule has 1 amide bonds. The minimum atomic E-state index is -0.523. The molecule has 0 aliphatic rings. The molecule has 4 rings (SSSR count). The highest BCUT2D eigenvalue weighted by molar-refractivity contribution is 6.03. The van der Waals surface area contributed by atoms with Crippen molar-refractivity contribution in [3.63, 3.8) is 0 Å². The van der Waals surface area contributed by atoms with E-state index in [-0.39, 0.29) is 12.6 Å². The molecule has 0 radical (unpaired) electrons. The molecule has 0 saturated carbocycles. The first-order chi connectivity index (χ1) is 13.2. The van der Waals surface area contributed by atoms with Crippen molar-refractivity contribution in [3.05, 3.63) is 54.1 Å². The lowest BCUT2D eigenvalue weighted by atomic mass is 10.2. The zero-order valence-corrected chi connectivity index (χ0v) is 14.1. The lowest BCUT2D eigenvalue weighted by Crippen LogP contribution is -2.19. The minimum Gasteiger partial charge on any atom is -0.484 e. The molecule has 0 saturated heterocycles. The van der Waals surface area contributed by atoms with Gasteiger partial charge in [-0.2, -0.15) is 10.1 Å². The van der Waals surface area contributed by atoms with E-state index in [1.54, 1.807) is 30.5 Å². The normalized spacial score (nSPS) is 11.3. The first-order valence-electron chi connectivity index (χ1n) is 8.10. The molecule has 2 aromatic carbocycles. The van der Waals surface area contributed by atoms with Crippen LogP contribution < -0.4 is 15.9 Å². The second-order valence-electron chi connectivity index (χ2n) is 5.70. The number of carbonyl (C=O) groups excluding carboxylic acids is 1. The highest BCUT2D eigenvalue weighted by Gasteiger charge is 2.07. The fourth-order valence-electron chi connectivity index (χ4n) is 2.54. The van der Waals surface area contributed by atoms with Gasteiger partial charge in [-0.15, -0.1) is 10.2 Å². The largest absolute Gasteiger partial charge is 0.484 e. The molecule has 0 fully saturated rings. The SMILES string of the molecule is NC(=O)COc1ccc(C=NNc2nnc3c(n2)[nH]c2ccccc23)cc1. The van der Waals surface area contributed by atoms with Crippen LogP contribution in [0.1, 0.15) is 5.56 Å². The first kappa shape index (κ1) is 16.5. The summed E-state index contributed by atoms with van der Waals surface area (Å²) in [5, 5.41) is 13.3. The molecular formula is C18H15N7O2. The number of hydrazone groups is 1. The summed E-state index contributed by atoms with van der Waals surface area (Å²) in [5.74, 6) is 0.313. The van der Waals surface area contributed by atoms with Crippen LogP contribution in [0.15, 0.2) is 53.6 Å².